The minimum atomic E-state index is -0.363. The molecule has 3 aromatic carbocycles. The second-order valence-electron chi connectivity index (χ2n) is 7.26. The van der Waals surface area contributed by atoms with Crippen LogP contribution in [0.15, 0.2) is 65.6 Å². The van der Waals surface area contributed by atoms with Gasteiger partial charge in [0, 0.05) is 5.56 Å². The predicted octanol–water partition coefficient (Wildman–Crippen LogP) is 6.00. The molecule has 0 saturated carbocycles. The Balaban J connectivity index is 1.71. The lowest BCUT2D eigenvalue weighted by atomic mass is 10.0. The van der Waals surface area contributed by atoms with E-state index in [1.54, 1.807) is 18.2 Å². The number of benzene rings is 3. The molecule has 0 bridgehead atoms. The Morgan fingerprint density at radius 1 is 1.03 bits per heavy atom. The van der Waals surface area contributed by atoms with Crippen LogP contribution in [0.2, 0.25) is 0 Å². The first-order chi connectivity index (χ1) is 14.4. The number of imide groups is 1. The number of thioether (sulfide) groups is 1. The van der Waals surface area contributed by atoms with E-state index >= 15 is 0 Å². The smallest absolute Gasteiger partial charge is 0.293 e. The van der Waals surface area contributed by atoms with Crippen molar-refractivity contribution in [1.29, 1.82) is 0 Å². The molecule has 0 N–H and O–H groups in total. The number of halogens is 1. The third-order valence-electron chi connectivity index (χ3n) is 4.70. The van der Waals surface area contributed by atoms with E-state index < -0.39 is 0 Å². The summed E-state index contributed by atoms with van der Waals surface area (Å²) in [5, 5.41) is 1.62. The molecule has 6 heteroatoms. The standard InChI is InChI=1S/C24H20FNO3S/c1-15(2)29-21-12-9-17-5-3-4-6-19(17)20(21)13-22-23(27)26(24(28)30-22)14-16-7-10-18(25)11-8-16/h3-13,15H,14H2,1-2H3/b22-13-. The minimum absolute atomic E-state index is 0.0353. The first-order valence-electron chi connectivity index (χ1n) is 9.60. The molecule has 0 atom stereocenters. The Morgan fingerprint density at radius 2 is 1.77 bits per heavy atom. The Morgan fingerprint density at radius 3 is 2.50 bits per heavy atom. The van der Waals surface area contributed by atoms with Crippen molar-refractivity contribution in [2.24, 2.45) is 0 Å². The third-order valence-corrected chi connectivity index (χ3v) is 5.60. The second-order valence-corrected chi connectivity index (χ2v) is 8.25. The van der Waals surface area contributed by atoms with Crippen molar-refractivity contribution in [2.45, 2.75) is 26.5 Å². The molecule has 30 heavy (non-hydrogen) atoms. The summed E-state index contributed by atoms with van der Waals surface area (Å²) < 4.78 is 19.1. The van der Waals surface area contributed by atoms with Gasteiger partial charge in [0.15, 0.2) is 0 Å². The van der Waals surface area contributed by atoms with Gasteiger partial charge in [0.1, 0.15) is 11.6 Å². The summed E-state index contributed by atoms with van der Waals surface area (Å²) in [5.41, 5.74) is 1.46. The van der Waals surface area contributed by atoms with Crippen LogP contribution in [0.5, 0.6) is 5.75 Å². The van der Waals surface area contributed by atoms with Crippen LogP contribution in [0.3, 0.4) is 0 Å². The van der Waals surface area contributed by atoms with Crippen LogP contribution < -0.4 is 4.74 Å². The number of hydrogen-bond acceptors (Lipinski definition) is 4. The molecule has 3 aromatic rings. The van der Waals surface area contributed by atoms with Crippen LogP contribution in [0.4, 0.5) is 9.18 Å². The van der Waals surface area contributed by atoms with Crippen molar-refractivity contribution in [3.05, 3.63) is 82.5 Å². The molecule has 1 saturated heterocycles. The van der Waals surface area contributed by atoms with Crippen LogP contribution in [0, 0.1) is 5.82 Å². The molecule has 2 amide bonds. The number of fused-ring (bicyclic) bond motifs is 1. The molecule has 0 unspecified atom stereocenters. The first kappa shape index (κ1) is 20.2. The fraction of sp³-hybridized carbons (Fsp3) is 0.167. The molecule has 1 heterocycles. The first-order valence-corrected chi connectivity index (χ1v) is 10.4. The Hall–Kier alpha value is -3.12. The van der Waals surface area contributed by atoms with Crippen molar-refractivity contribution in [1.82, 2.24) is 4.90 Å². The summed E-state index contributed by atoms with van der Waals surface area (Å²) in [4.78, 5) is 27.0. The number of ether oxygens (including phenoxy) is 1. The number of amides is 2. The van der Waals surface area contributed by atoms with Gasteiger partial charge < -0.3 is 4.74 Å². The summed E-state index contributed by atoms with van der Waals surface area (Å²) >= 11 is 0.904. The van der Waals surface area contributed by atoms with Gasteiger partial charge in [-0.25, -0.2) is 4.39 Å². The van der Waals surface area contributed by atoms with E-state index in [2.05, 4.69) is 0 Å². The highest BCUT2D eigenvalue weighted by atomic mass is 32.2. The van der Waals surface area contributed by atoms with E-state index in [9.17, 15) is 14.0 Å². The number of nitrogens with zero attached hydrogens (tertiary/aromatic N) is 1. The summed E-state index contributed by atoms with van der Waals surface area (Å²) in [5.74, 6) is -0.0618. The van der Waals surface area contributed by atoms with Gasteiger partial charge >= 0.3 is 0 Å². The van der Waals surface area contributed by atoms with Crippen LogP contribution >= 0.6 is 11.8 Å². The lowest BCUT2D eigenvalue weighted by Crippen LogP contribution is -2.27. The quantitative estimate of drug-likeness (QED) is 0.474. The molecule has 4 rings (SSSR count). The zero-order valence-corrected chi connectivity index (χ0v) is 17.4. The lowest BCUT2D eigenvalue weighted by Gasteiger charge is -2.15. The van der Waals surface area contributed by atoms with Gasteiger partial charge in [-0.2, -0.15) is 0 Å². The fourth-order valence-corrected chi connectivity index (χ4v) is 4.14. The highest BCUT2D eigenvalue weighted by molar-refractivity contribution is 8.18. The molecule has 1 aliphatic heterocycles. The van der Waals surface area contributed by atoms with Gasteiger partial charge in [0.2, 0.25) is 0 Å². The predicted molar refractivity (Wildman–Crippen MR) is 118 cm³/mol. The van der Waals surface area contributed by atoms with Gasteiger partial charge in [-0.1, -0.05) is 42.5 Å². The SMILES string of the molecule is CC(C)Oc1ccc2ccccc2c1/C=C1\SC(=O)N(Cc2ccc(F)cc2)C1=O. The van der Waals surface area contributed by atoms with E-state index in [1.807, 2.05) is 50.2 Å². The van der Waals surface area contributed by atoms with Crippen molar-refractivity contribution in [3.8, 4) is 5.75 Å². The molecule has 0 spiro atoms. The molecule has 0 radical (unpaired) electrons. The maximum absolute atomic E-state index is 13.1. The highest BCUT2D eigenvalue weighted by Crippen LogP contribution is 2.37. The Bertz CT molecular complexity index is 1150. The Kier molecular flexibility index (Phi) is 5.59. The van der Waals surface area contributed by atoms with Gasteiger partial charge in [-0.15, -0.1) is 0 Å². The normalized spacial score (nSPS) is 15.6. The van der Waals surface area contributed by atoms with Crippen molar-refractivity contribution in [2.75, 3.05) is 0 Å². The summed E-state index contributed by atoms with van der Waals surface area (Å²) in [6.45, 7) is 3.98. The van der Waals surface area contributed by atoms with E-state index in [-0.39, 0.29) is 29.6 Å². The Labute approximate surface area is 178 Å². The number of hydrogen-bond donors (Lipinski definition) is 0. The third kappa shape index (κ3) is 4.09. The summed E-state index contributed by atoms with van der Waals surface area (Å²) in [6.07, 6.45) is 1.70. The van der Waals surface area contributed by atoms with Crippen molar-refractivity contribution in [3.63, 3.8) is 0 Å². The molecule has 1 fully saturated rings. The molecule has 4 nitrogen and oxygen atoms in total. The van der Waals surface area contributed by atoms with Gasteiger partial charge in [0.05, 0.1) is 17.6 Å². The molecular weight excluding hydrogens is 401 g/mol. The molecule has 1 aliphatic rings. The average Bonchev–Trinajstić information content (AvgIpc) is 2.98. The molecule has 0 aromatic heterocycles. The van der Waals surface area contributed by atoms with E-state index in [1.165, 1.54) is 17.0 Å². The van der Waals surface area contributed by atoms with Crippen LogP contribution in [-0.2, 0) is 11.3 Å². The topological polar surface area (TPSA) is 46.6 Å². The van der Waals surface area contributed by atoms with Crippen molar-refractivity contribution < 1.29 is 18.7 Å². The van der Waals surface area contributed by atoms with Crippen LogP contribution in [0.1, 0.15) is 25.0 Å². The average molecular weight is 421 g/mol. The molecule has 0 aliphatic carbocycles. The van der Waals surface area contributed by atoms with Gasteiger partial charge in [-0.05, 0) is 66.2 Å². The summed E-state index contributed by atoms with van der Waals surface area (Å²) in [6, 6.07) is 17.5. The van der Waals surface area contributed by atoms with Crippen LogP contribution in [0.25, 0.3) is 16.8 Å². The largest absolute Gasteiger partial charge is 0.490 e. The van der Waals surface area contributed by atoms with Crippen LogP contribution in [-0.4, -0.2) is 22.2 Å². The molecule has 152 valence electrons. The zero-order valence-electron chi connectivity index (χ0n) is 16.6. The highest BCUT2D eigenvalue weighted by Gasteiger charge is 2.35. The number of carbonyl (C=O) groups is 2. The minimum Gasteiger partial charge on any atom is -0.490 e. The zero-order chi connectivity index (χ0) is 21.3. The maximum Gasteiger partial charge on any atom is 0.293 e. The van der Waals surface area contributed by atoms with E-state index in [4.69, 9.17) is 4.74 Å². The van der Waals surface area contributed by atoms with Gasteiger partial charge in [-0.3, -0.25) is 14.5 Å². The van der Waals surface area contributed by atoms with Gasteiger partial charge in [0.25, 0.3) is 11.1 Å². The number of carbonyl (C=O) groups excluding carboxylic acids is 2. The maximum atomic E-state index is 13.1. The van der Waals surface area contributed by atoms with Crippen molar-refractivity contribution >= 4 is 39.8 Å². The summed E-state index contributed by atoms with van der Waals surface area (Å²) in [7, 11) is 0. The van der Waals surface area contributed by atoms with E-state index in [0.29, 0.717) is 16.2 Å². The monoisotopic (exact) mass is 421 g/mol. The second kappa shape index (κ2) is 8.32. The lowest BCUT2D eigenvalue weighted by molar-refractivity contribution is -0.123. The fourth-order valence-electron chi connectivity index (χ4n) is 3.32. The molecular formula is C24H20FNO3S. The van der Waals surface area contributed by atoms with E-state index in [0.717, 1.165) is 28.1 Å². The number of rotatable bonds is 5.